The van der Waals surface area contributed by atoms with Crippen molar-refractivity contribution in [1.82, 2.24) is 0 Å². The van der Waals surface area contributed by atoms with Crippen LogP contribution >= 0.6 is 0 Å². The average molecular weight is 188 g/mol. The van der Waals surface area contributed by atoms with Gasteiger partial charge in [0.05, 0.1) is 6.10 Å². The molecule has 0 aromatic rings. The van der Waals surface area contributed by atoms with E-state index in [2.05, 4.69) is 0 Å². The Balaban J connectivity index is 0. The fourth-order valence-electron chi connectivity index (χ4n) is 1.08. The first-order chi connectivity index (χ1) is 6.17. The Morgan fingerprint density at radius 1 is 1.23 bits per heavy atom. The third kappa shape index (κ3) is 5.81. The van der Waals surface area contributed by atoms with Gasteiger partial charge in [-0.15, -0.1) is 0 Å². The van der Waals surface area contributed by atoms with Crippen molar-refractivity contribution in [2.24, 2.45) is 11.8 Å². The summed E-state index contributed by atoms with van der Waals surface area (Å²) >= 11 is 0. The number of carbonyl (C=O) groups excluding carboxylic acids is 1. The van der Waals surface area contributed by atoms with Gasteiger partial charge in [0.25, 0.3) is 0 Å². The van der Waals surface area contributed by atoms with Crippen molar-refractivity contribution in [3.8, 4) is 0 Å². The van der Waals surface area contributed by atoms with Gasteiger partial charge in [0.2, 0.25) is 0 Å². The third-order valence-corrected chi connectivity index (χ3v) is 2.31. The number of carbonyl (C=O) groups is 1. The van der Waals surface area contributed by atoms with Crippen LogP contribution in [0.1, 0.15) is 47.5 Å². The lowest BCUT2D eigenvalue weighted by Crippen LogP contribution is -2.27. The minimum atomic E-state index is -0.456. The number of aliphatic hydroxyl groups excluding tert-OH is 1. The molecule has 80 valence electrons. The fraction of sp³-hybridized carbons (Fsp3) is 0.909. The molecule has 1 N–H and O–H groups in total. The van der Waals surface area contributed by atoms with Crippen LogP contribution in [-0.2, 0) is 4.79 Å². The highest BCUT2D eigenvalue weighted by molar-refractivity contribution is 5.54. The van der Waals surface area contributed by atoms with E-state index < -0.39 is 6.10 Å². The lowest BCUT2D eigenvalue weighted by atomic mass is 9.90. The molecule has 2 nitrogen and oxygen atoms in total. The van der Waals surface area contributed by atoms with Crippen LogP contribution in [0.5, 0.6) is 0 Å². The second kappa shape index (κ2) is 9.72. The summed E-state index contributed by atoms with van der Waals surface area (Å²) in [5.41, 5.74) is 0. The van der Waals surface area contributed by atoms with Crippen molar-refractivity contribution in [3.63, 3.8) is 0 Å². The lowest BCUT2D eigenvalue weighted by molar-refractivity contribution is -0.115. The minimum Gasteiger partial charge on any atom is -0.392 e. The van der Waals surface area contributed by atoms with Crippen LogP contribution in [0.2, 0.25) is 0 Å². The summed E-state index contributed by atoms with van der Waals surface area (Å²) in [5.74, 6) is 0.0510. The average Bonchev–Trinajstić information content (AvgIpc) is 2.21. The van der Waals surface area contributed by atoms with Gasteiger partial charge >= 0.3 is 0 Å². The number of hydrogen-bond acceptors (Lipinski definition) is 2. The van der Waals surface area contributed by atoms with E-state index in [1.807, 2.05) is 34.6 Å². The Morgan fingerprint density at radius 3 is 1.92 bits per heavy atom. The van der Waals surface area contributed by atoms with E-state index in [1.165, 1.54) is 0 Å². The van der Waals surface area contributed by atoms with E-state index >= 15 is 0 Å². The smallest absolute Gasteiger partial charge is 0.125 e. The van der Waals surface area contributed by atoms with Gasteiger partial charge in [0, 0.05) is 5.92 Å². The Bertz CT molecular complexity index is 113. The molecule has 0 saturated carbocycles. The molecule has 2 unspecified atom stereocenters. The van der Waals surface area contributed by atoms with Crippen molar-refractivity contribution >= 4 is 6.29 Å². The molecule has 0 amide bonds. The molecule has 0 rings (SSSR count). The van der Waals surface area contributed by atoms with E-state index in [-0.39, 0.29) is 11.8 Å². The Kier molecular flexibility index (Phi) is 11.3. The number of hydrogen-bond donors (Lipinski definition) is 1. The molecule has 0 saturated heterocycles. The monoisotopic (exact) mass is 188 g/mol. The highest BCUT2D eigenvalue weighted by atomic mass is 16.3. The van der Waals surface area contributed by atoms with Gasteiger partial charge in [-0.05, 0) is 12.3 Å². The molecule has 0 bridgehead atoms. The molecule has 0 radical (unpaired) electrons. The number of aliphatic hydroxyl groups is 1. The second-order valence-corrected chi connectivity index (χ2v) is 3.08. The third-order valence-electron chi connectivity index (χ3n) is 2.31. The molecule has 0 heterocycles. The highest BCUT2D eigenvalue weighted by Gasteiger charge is 2.21. The van der Waals surface area contributed by atoms with Crippen molar-refractivity contribution in [1.29, 1.82) is 0 Å². The highest BCUT2D eigenvalue weighted by Crippen LogP contribution is 2.16. The van der Waals surface area contributed by atoms with Gasteiger partial charge in [-0.2, -0.15) is 0 Å². The molecule has 2 heteroatoms. The van der Waals surface area contributed by atoms with Crippen LogP contribution in [0.4, 0.5) is 0 Å². The van der Waals surface area contributed by atoms with E-state index in [4.69, 9.17) is 0 Å². The molecule has 0 aromatic carbocycles. The van der Waals surface area contributed by atoms with Crippen LogP contribution in [0.25, 0.3) is 0 Å². The first kappa shape index (κ1) is 15.1. The second-order valence-electron chi connectivity index (χ2n) is 3.08. The Morgan fingerprint density at radius 2 is 1.69 bits per heavy atom. The first-order valence-electron chi connectivity index (χ1n) is 5.30. The van der Waals surface area contributed by atoms with Gasteiger partial charge in [0.1, 0.15) is 6.29 Å². The Hall–Kier alpha value is -0.370. The number of aldehydes is 1. The minimum absolute atomic E-state index is 0.176. The van der Waals surface area contributed by atoms with Gasteiger partial charge in [-0.3, -0.25) is 0 Å². The summed E-state index contributed by atoms with van der Waals surface area (Å²) in [5, 5.41) is 9.55. The van der Waals surface area contributed by atoms with Crippen LogP contribution in [0, 0.1) is 11.8 Å². The summed E-state index contributed by atoms with van der Waals surface area (Å²) < 4.78 is 0. The maximum Gasteiger partial charge on any atom is 0.125 e. The van der Waals surface area contributed by atoms with Gasteiger partial charge < -0.3 is 9.90 Å². The zero-order valence-electron chi connectivity index (χ0n) is 9.58. The summed E-state index contributed by atoms with van der Waals surface area (Å²) in [7, 11) is 0. The van der Waals surface area contributed by atoms with Crippen LogP contribution in [0.3, 0.4) is 0 Å². The van der Waals surface area contributed by atoms with Gasteiger partial charge in [-0.25, -0.2) is 0 Å². The van der Waals surface area contributed by atoms with Crippen LogP contribution < -0.4 is 0 Å². The molecule has 0 aliphatic carbocycles. The van der Waals surface area contributed by atoms with Crippen molar-refractivity contribution in [2.45, 2.75) is 53.6 Å². The summed E-state index contributed by atoms with van der Waals surface area (Å²) in [6.45, 7) is 9.91. The van der Waals surface area contributed by atoms with Crippen molar-refractivity contribution < 1.29 is 9.90 Å². The maximum atomic E-state index is 10.4. The summed E-state index contributed by atoms with van der Waals surface area (Å²) in [6.07, 6.45) is 2.06. The molecule has 0 aliphatic rings. The SMILES string of the molecule is CC.CCC(C=O)C(O)[C@H](C)CC. The molecular formula is C11H24O2. The number of rotatable bonds is 5. The lowest BCUT2D eigenvalue weighted by Gasteiger charge is -2.21. The molecule has 0 aromatic heterocycles. The maximum absolute atomic E-state index is 10.4. The standard InChI is InChI=1S/C9H18O2.C2H6/c1-4-7(3)9(11)8(5-2)6-10;1-2/h6-9,11H,4-5H2,1-3H3;1-2H3/t7-,8?,9?;/m1./s1. The summed E-state index contributed by atoms with van der Waals surface area (Å²) in [4.78, 5) is 10.4. The molecule has 3 atom stereocenters. The van der Waals surface area contributed by atoms with Gasteiger partial charge in [-0.1, -0.05) is 41.0 Å². The Labute approximate surface area is 82.4 Å². The molecule has 13 heavy (non-hydrogen) atoms. The topological polar surface area (TPSA) is 37.3 Å². The zero-order chi connectivity index (χ0) is 10.9. The largest absolute Gasteiger partial charge is 0.392 e. The van der Waals surface area contributed by atoms with Crippen LogP contribution in [0.15, 0.2) is 0 Å². The predicted molar refractivity (Wildman–Crippen MR) is 56.7 cm³/mol. The zero-order valence-corrected chi connectivity index (χ0v) is 9.58. The normalized spacial score (nSPS) is 16.5. The van der Waals surface area contributed by atoms with E-state index in [0.717, 1.165) is 19.1 Å². The quantitative estimate of drug-likeness (QED) is 0.673. The molecule has 0 fully saturated rings. The van der Waals surface area contributed by atoms with E-state index in [0.29, 0.717) is 0 Å². The molecule has 0 aliphatic heterocycles. The fourth-order valence-corrected chi connectivity index (χ4v) is 1.08. The van der Waals surface area contributed by atoms with Crippen molar-refractivity contribution in [2.75, 3.05) is 0 Å². The van der Waals surface area contributed by atoms with E-state index in [9.17, 15) is 9.90 Å². The predicted octanol–water partition coefficient (Wildman–Crippen LogP) is 2.64. The molecular weight excluding hydrogens is 164 g/mol. The van der Waals surface area contributed by atoms with E-state index in [1.54, 1.807) is 0 Å². The molecule has 0 spiro atoms. The van der Waals surface area contributed by atoms with Crippen LogP contribution in [-0.4, -0.2) is 17.5 Å². The first-order valence-corrected chi connectivity index (χ1v) is 5.30. The summed E-state index contributed by atoms with van der Waals surface area (Å²) in [6, 6.07) is 0. The van der Waals surface area contributed by atoms with Crippen molar-refractivity contribution in [3.05, 3.63) is 0 Å². The van der Waals surface area contributed by atoms with Gasteiger partial charge in [0.15, 0.2) is 0 Å².